The summed E-state index contributed by atoms with van der Waals surface area (Å²) in [6.45, 7) is 1.93. The lowest BCUT2D eigenvalue weighted by molar-refractivity contribution is 0.0592. The van der Waals surface area contributed by atoms with Crippen molar-refractivity contribution >= 4 is 5.97 Å². The Balaban J connectivity index is 3.15. The maximum absolute atomic E-state index is 11.2. The molecule has 0 fully saturated rings. The van der Waals surface area contributed by atoms with Gasteiger partial charge in [0.05, 0.1) is 7.11 Å². The van der Waals surface area contributed by atoms with Gasteiger partial charge in [0.1, 0.15) is 5.82 Å². The molecule has 0 aliphatic heterocycles. The normalized spacial score (nSPS) is 9.77. The van der Waals surface area contributed by atoms with Gasteiger partial charge in [-0.25, -0.2) is 14.8 Å². The van der Waals surface area contributed by atoms with Gasteiger partial charge in [-0.05, 0) is 6.92 Å². The molecule has 1 heterocycles. The quantitative estimate of drug-likeness (QED) is 0.651. The van der Waals surface area contributed by atoms with Crippen molar-refractivity contribution in [3.63, 3.8) is 0 Å². The van der Waals surface area contributed by atoms with Gasteiger partial charge in [-0.3, -0.25) is 0 Å². The summed E-state index contributed by atoms with van der Waals surface area (Å²) in [7, 11) is 1.31. The van der Waals surface area contributed by atoms with Crippen LogP contribution in [0, 0.1) is 6.92 Å². The molecule has 0 aromatic carbocycles. The molecule has 0 unspecified atom stereocenters. The van der Waals surface area contributed by atoms with Crippen LogP contribution < -0.4 is 5.73 Å². The molecule has 5 nitrogen and oxygen atoms in total. The fraction of sp³-hybridized carbons (Fsp3) is 0.375. The van der Waals surface area contributed by atoms with E-state index in [9.17, 15) is 4.79 Å². The predicted octanol–water partition coefficient (Wildman–Crippen LogP) is 0.0303. The molecule has 1 aromatic heterocycles. The highest BCUT2D eigenvalue weighted by Crippen LogP contribution is 2.05. The summed E-state index contributed by atoms with van der Waals surface area (Å²) in [6.07, 6.45) is 1.54. The zero-order valence-electron chi connectivity index (χ0n) is 7.57. The van der Waals surface area contributed by atoms with Crippen molar-refractivity contribution in [3.05, 3.63) is 23.3 Å². The van der Waals surface area contributed by atoms with Gasteiger partial charge in [0.2, 0.25) is 0 Å². The van der Waals surface area contributed by atoms with E-state index in [1.54, 1.807) is 6.92 Å². The topological polar surface area (TPSA) is 78.1 Å². The zero-order valence-corrected chi connectivity index (χ0v) is 7.57. The fourth-order valence-corrected chi connectivity index (χ4v) is 0.918. The summed E-state index contributed by atoms with van der Waals surface area (Å²) in [4.78, 5) is 19.1. The van der Waals surface area contributed by atoms with E-state index in [4.69, 9.17) is 5.73 Å². The summed E-state index contributed by atoms with van der Waals surface area (Å²) in [5.74, 6) is 0.0450. The highest BCUT2D eigenvalue weighted by molar-refractivity contribution is 5.88. The maximum Gasteiger partial charge on any atom is 0.357 e. The number of aromatic nitrogens is 2. The molecule has 1 aromatic rings. The largest absolute Gasteiger partial charge is 0.464 e. The van der Waals surface area contributed by atoms with Gasteiger partial charge in [0.25, 0.3) is 0 Å². The first kappa shape index (κ1) is 9.60. The summed E-state index contributed by atoms with van der Waals surface area (Å²) in [5.41, 5.74) is 6.25. The Kier molecular flexibility index (Phi) is 2.92. The lowest BCUT2D eigenvalue weighted by Crippen LogP contribution is -2.13. The van der Waals surface area contributed by atoms with Gasteiger partial charge in [-0.15, -0.1) is 0 Å². The number of carbonyl (C=O) groups is 1. The summed E-state index contributed by atoms with van der Waals surface area (Å²) in [6, 6.07) is 0. The molecule has 0 saturated carbocycles. The molecule has 0 saturated heterocycles. The van der Waals surface area contributed by atoms with Crippen molar-refractivity contribution in [1.82, 2.24) is 9.97 Å². The summed E-state index contributed by atoms with van der Waals surface area (Å²) >= 11 is 0. The molecule has 13 heavy (non-hydrogen) atoms. The van der Waals surface area contributed by atoms with E-state index >= 15 is 0 Å². The van der Waals surface area contributed by atoms with Gasteiger partial charge < -0.3 is 10.5 Å². The van der Waals surface area contributed by atoms with Crippen LogP contribution in [0.15, 0.2) is 6.20 Å². The summed E-state index contributed by atoms with van der Waals surface area (Å²) < 4.78 is 4.55. The molecule has 0 spiro atoms. The minimum absolute atomic E-state index is 0.227. The third kappa shape index (κ3) is 2.00. The number of nitrogens with zero attached hydrogens (tertiary/aromatic N) is 2. The number of aryl methyl sites for hydroxylation is 1. The lowest BCUT2D eigenvalue weighted by Gasteiger charge is -2.04. The smallest absolute Gasteiger partial charge is 0.357 e. The predicted molar refractivity (Wildman–Crippen MR) is 46.0 cm³/mol. The van der Waals surface area contributed by atoms with E-state index in [2.05, 4.69) is 14.7 Å². The zero-order chi connectivity index (χ0) is 9.84. The second-order valence-electron chi connectivity index (χ2n) is 2.49. The standard InChI is InChI=1S/C8H11N3O2/c1-5-10-4-6(3-9)7(11-5)8(12)13-2/h4H,3,9H2,1-2H3. The minimum Gasteiger partial charge on any atom is -0.464 e. The van der Waals surface area contributed by atoms with E-state index in [0.29, 0.717) is 11.4 Å². The van der Waals surface area contributed by atoms with Crippen LogP contribution in [0.2, 0.25) is 0 Å². The Labute approximate surface area is 75.9 Å². The van der Waals surface area contributed by atoms with Crippen LogP contribution in [-0.2, 0) is 11.3 Å². The molecular formula is C8H11N3O2. The van der Waals surface area contributed by atoms with Crippen LogP contribution in [0.3, 0.4) is 0 Å². The monoisotopic (exact) mass is 181 g/mol. The molecule has 0 bridgehead atoms. The number of hydrogen-bond donors (Lipinski definition) is 1. The Morgan fingerprint density at radius 3 is 2.92 bits per heavy atom. The molecule has 0 atom stereocenters. The number of hydrogen-bond acceptors (Lipinski definition) is 5. The van der Waals surface area contributed by atoms with Crippen molar-refractivity contribution in [3.8, 4) is 0 Å². The highest BCUT2D eigenvalue weighted by Gasteiger charge is 2.12. The molecule has 0 aliphatic rings. The van der Waals surface area contributed by atoms with Crippen LogP contribution >= 0.6 is 0 Å². The average molecular weight is 181 g/mol. The van der Waals surface area contributed by atoms with Gasteiger partial charge in [0, 0.05) is 18.3 Å². The minimum atomic E-state index is -0.481. The van der Waals surface area contributed by atoms with Crippen LogP contribution in [0.25, 0.3) is 0 Å². The number of esters is 1. The van der Waals surface area contributed by atoms with E-state index in [1.807, 2.05) is 0 Å². The van der Waals surface area contributed by atoms with E-state index in [1.165, 1.54) is 13.3 Å². The average Bonchev–Trinajstić information content (AvgIpc) is 2.16. The number of ether oxygens (including phenoxy) is 1. The third-order valence-corrected chi connectivity index (χ3v) is 1.58. The van der Waals surface area contributed by atoms with Gasteiger partial charge >= 0.3 is 5.97 Å². The Morgan fingerprint density at radius 2 is 2.38 bits per heavy atom. The Bertz CT molecular complexity index is 325. The van der Waals surface area contributed by atoms with Crippen LogP contribution in [0.5, 0.6) is 0 Å². The molecule has 70 valence electrons. The van der Waals surface area contributed by atoms with Gasteiger partial charge in [-0.1, -0.05) is 0 Å². The van der Waals surface area contributed by atoms with E-state index in [0.717, 1.165) is 0 Å². The first-order valence-electron chi connectivity index (χ1n) is 3.80. The first-order chi connectivity index (χ1) is 6.19. The SMILES string of the molecule is COC(=O)c1nc(C)ncc1CN. The van der Waals surface area contributed by atoms with E-state index < -0.39 is 5.97 Å². The van der Waals surface area contributed by atoms with Crippen molar-refractivity contribution in [2.75, 3.05) is 7.11 Å². The molecule has 2 N–H and O–H groups in total. The van der Waals surface area contributed by atoms with Crippen LogP contribution in [0.1, 0.15) is 21.9 Å². The molecule has 0 radical (unpaired) electrons. The second kappa shape index (κ2) is 3.95. The number of nitrogens with two attached hydrogens (primary N) is 1. The Hall–Kier alpha value is -1.49. The van der Waals surface area contributed by atoms with Crippen molar-refractivity contribution in [1.29, 1.82) is 0 Å². The first-order valence-corrected chi connectivity index (χ1v) is 3.80. The Morgan fingerprint density at radius 1 is 1.69 bits per heavy atom. The molecule has 0 amide bonds. The molecule has 0 aliphatic carbocycles. The van der Waals surface area contributed by atoms with Crippen LogP contribution in [-0.4, -0.2) is 23.0 Å². The summed E-state index contributed by atoms with van der Waals surface area (Å²) in [5, 5.41) is 0. The van der Waals surface area contributed by atoms with E-state index in [-0.39, 0.29) is 12.2 Å². The second-order valence-corrected chi connectivity index (χ2v) is 2.49. The van der Waals surface area contributed by atoms with Gasteiger partial charge in [-0.2, -0.15) is 0 Å². The van der Waals surface area contributed by atoms with Crippen molar-refractivity contribution in [2.45, 2.75) is 13.5 Å². The van der Waals surface area contributed by atoms with Crippen LogP contribution in [0.4, 0.5) is 0 Å². The lowest BCUT2D eigenvalue weighted by atomic mass is 10.2. The van der Waals surface area contributed by atoms with Crippen molar-refractivity contribution in [2.24, 2.45) is 5.73 Å². The highest BCUT2D eigenvalue weighted by atomic mass is 16.5. The molecular weight excluding hydrogens is 170 g/mol. The van der Waals surface area contributed by atoms with Crippen molar-refractivity contribution < 1.29 is 9.53 Å². The molecule has 5 heteroatoms. The van der Waals surface area contributed by atoms with Gasteiger partial charge in [0.15, 0.2) is 5.69 Å². The number of carbonyl (C=O) groups excluding carboxylic acids is 1. The molecule has 1 rings (SSSR count). The number of methoxy groups -OCH3 is 1. The number of rotatable bonds is 2. The third-order valence-electron chi connectivity index (χ3n) is 1.58. The fourth-order valence-electron chi connectivity index (χ4n) is 0.918. The maximum atomic E-state index is 11.2.